The van der Waals surface area contributed by atoms with Crippen LogP contribution >= 0.6 is 0 Å². The molecular formula is C11H14FNO3. The summed E-state index contributed by atoms with van der Waals surface area (Å²) in [6.07, 6.45) is 0. The van der Waals surface area contributed by atoms with Crippen molar-refractivity contribution in [1.82, 2.24) is 5.32 Å². The average Bonchev–Trinajstić information content (AvgIpc) is 2.28. The summed E-state index contributed by atoms with van der Waals surface area (Å²) in [5, 5.41) is 2.67. The van der Waals surface area contributed by atoms with Gasteiger partial charge in [-0.25, -0.2) is 4.39 Å². The summed E-state index contributed by atoms with van der Waals surface area (Å²) in [7, 11) is 4.34. The molecule has 0 heterocycles. The Morgan fingerprint density at radius 1 is 1.31 bits per heavy atom. The minimum atomic E-state index is -0.692. The van der Waals surface area contributed by atoms with E-state index >= 15 is 0 Å². The summed E-state index contributed by atoms with van der Waals surface area (Å²) in [5.41, 5.74) is -0.0869. The number of hydrogen-bond acceptors (Lipinski definition) is 4. The van der Waals surface area contributed by atoms with E-state index in [1.807, 2.05) is 0 Å². The molecule has 0 aliphatic heterocycles. The molecule has 0 bridgehead atoms. The fourth-order valence-corrected chi connectivity index (χ4v) is 1.38. The highest BCUT2D eigenvalue weighted by molar-refractivity contribution is 6.00. The highest BCUT2D eigenvalue weighted by atomic mass is 19.1. The molecule has 0 fully saturated rings. The van der Waals surface area contributed by atoms with E-state index < -0.39 is 5.82 Å². The number of rotatable bonds is 5. The maximum atomic E-state index is 13.8. The van der Waals surface area contributed by atoms with E-state index in [9.17, 15) is 9.18 Å². The second kappa shape index (κ2) is 5.46. The van der Waals surface area contributed by atoms with E-state index in [1.165, 1.54) is 26.4 Å². The van der Waals surface area contributed by atoms with E-state index in [2.05, 4.69) is 5.32 Å². The first-order valence-corrected chi connectivity index (χ1v) is 4.74. The maximum Gasteiger partial charge on any atom is 0.183 e. The van der Waals surface area contributed by atoms with Gasteiger partial charge in [-0.05, 0) is 19.2 Å². The number of carbonyl (C=O) groups excluding carboxylic acids is 1. The molecule has 0 radical (unpaired) electrons. The Labute approximate surface area is 93.4 Å². The zero-order valence-electron chi connectivity index (χ0n) is 9.46. The van der Waals surface area contributed by atoms with E-state index in [1.54, 1.807) is 7.05 Å². The summed E-state index contributed by atoms with van der Waals surface area (Å²) >= 11 is 0. The molecule has 16 heavy (non-hydrogen) atoms. The largest absolute Gasteiger partial charge is 0.496 e. The molecule has 1 aromatic carbocycles. The summed E-state index contributed by atoms with van der Waals surface area (Å²) in [6.45, 7) is 0.0421. The predicted molar refractivity (Wildman–Crippen MR) is 57.8 cm³/mol. The molecule has 0 amide bonds. The lowest BCUT2D eigenvalue weighted by Gasteiger charge is -2.11. The van der Waals surface area contributed by atoms with Gasteiger partial charge in [0.2, 0.25) is 0 Å². The first kappa shape index (κ1) is 12.4. The van der Waals surface area contributed by atoms with Crippen molar-refractivity contribution in [2.75, 3.05) is 27.8 Å². The number of benzene rings is 1. The van der Waals surface area contributed by atoms with Gasteiger partial charge in [0, 0.05) is 0 Å². The fourth-order valence-electron chi connectivity index (χ4n) is 1.38. The van der Waals surface area contributed by atoms with Crippen molar-refractivity contribution in [3.63, 3.8) is 0 Å². The molecule has 88 valence electrons. The topological polar surface area (TPSA) is 47.6 Å². The Balaban J connectivity index is 3.26. The van der Waals surface area contributed by atoms with Crippen LogP contribution in [0.25, 0.3) is 0 Å². The Hall–Kier alpha value is -1.62. The van der Waals surface area contributed by atoms with Crippen LogP contribution in [0.4, 0.5) is 4.39 Å². The second-order valence-corrected chi connectivity index (χ2v) is 3.11. The molecule has 5 heteroatoms. The summed E-state index contributed by atoms with van der Waals surface area (Å²) in [6, 6.07) is 2.93. The van der Waals surface area contributed by atoms with Crippen LogP contribution in [0.1, 0.15) is 10.4 Å². The zero-order chi connectivity index (χ0) is 12.1. The van der Waals surface area contributed by atoms with Gasteiger partial charge >= 0.3 is 0 Å². The molecule has 1 aromatic rings. The summed E-state index contributed by atoms with van der Waals surface area (Å²) < 4.78 is 23.6. The predicted octanol–water partition coefficient (Wildman–Crippen LogP) is 1.25. The van der Waals surface area contributed by atoms with Crippen molar-refractivity contribution >= 4 is 5.78 Å². The third-order valence-electron chi connectivity index (χ3n) is 2.12. The smallest absolute Gasteiger partial charge is 0.183 e. The first-order valence-electron chi connectivity index (χ1n) is 4.74. The quantitative estimate of drug-likeness (QED) is 0.769. The van der Waals surface area contributed by atoms with Gasteiger partial charge in [-0.2, -0.15) is 0 Å². The van der Waals surface area contributed by atoms with Crippen LogP contribution in [0.5, 0.6) is 11.5 Å². The maximum absolute atomic E-state index is 13.8. The number of hydrogen-bond donors (Lipinski definition) is 1. The average molecular weight is 227 g/mol. The Morgan fingerprint density at radius 3 is 2.38 bits per heavy atom. The molecule has 0 saturated heterocycles. The lowest BCUT2D eigenvalue weighted by atomic mass is 10.1. The molecule has 0 unspecified atom stereocenters. The number of ether oxygens (including phenoxy) is 2. The summed E-state index contributed by atoms with van der Waals surface area (Å²) in [5.74, 6) is -0.836. The molecule has 0 aliphatic rings. The lowest BCUT2D eigenvalue weighted by Crippen LogP contribution is -2.20. The van der Waals surface area contributed by atoms with Crippen LogP contribution in [-0.4, -0.2) is 33.6 Å². The van der Waals surface area contributed by atoms with Crippen molar-refractivity contribution < 1.29 is 18.7 Å². The number of carbonyl (C=O) groups is 1. The van der Waals surface area contributed by atoms with Gasteiger partial charge in [0.05, 0.1) is 20.8 Å². The minimum absolute atomic E-state index is 0.0280. The van der Waals surface area contributed by atoms with Crippen LogP contribution in [0.3, 0.4) is 0 Å². The fraction of sp³-hybridized carbons (Fsp3) is 0.364. The number of Topliss-reactive ketones (excluding diaryl/α,β-unsaturated/α-hetero) is 1. The molecule has 1 N–H and O–H groups in total. The van der Waals surface area contributed by atoms with Crippen molar-refractivity contribution in [3.05, 3.63) is 23.5 Å². The van der Waals surface area contributed by atoms with Crippen molar-refractivity contribution in [2.45, 2.75) is 0 Å². The third-order valence-corrected chi connectivity index (χ3v) is 2.12. The van der Waals surface area contributed by atoms with Gasteiger partial charge in [-0.3, -0.25) is 4.79 Å². The zero-order valence-corrected chi connectivity index (χ0v) is 9.46. The van der Waals surface area contributed by atoms with Gasteiger partial charge < -0.3 is 14.8 Å². The monoisotopic (exact) mass is 227 g/mol. The van der Waals surface area contributed by atoms with Gasteiger partial charge in [-0.15, -0.1) is 0 Å². The van der Waals surface area contributed by atoms with E-state index in [4.69, 9.17) is 9.47 Å². The first-order chi connectivity index (χ1) is 7.65. The van der Waals surface area contributed by atoms with Crippen LogP contribution in [0.15, 0.2) is 12.1 Å². The van der Waals surface area contributed by atoms with Crippen molar-refractivity contribution in [2.24, 2.45) is 0 Å². The number of ketones is 1. The standard InChI is InChI=1S/C11H14FNO3/c1-13-6-7(14)10-8(15-2)4-5-9(16-3)11(10)12/h4-5,13H,6H2,1-3H3. The third kappa shape index (κ3) is 2.30. The normalized spacial score (nSPS) is 10.0. The molecule has 0 aromatic heterocycles. The highest BCUT2D eigenvalue weighted by Crippen LogP contribution is 2.28. The Bertz CT molecular complexity index is 393. The number of nitrogens with one attached hydrogen (secondary N) is 1. The van der Waals surface area contributed by atoms with Gasteiger partial charge in [0.25, 0.3) is 0 Å². The number of methoxy groups -OCH3 is 2. The van der Waals surface area contributed by atoms with Crippen molar-refractivity contribution in [1.29, 1.82) is 0 Å². The molecular weight excluding hydrogens is 213 g/mol. The molecule has 1 rings (SSSR count). The molecule has 4 nitrogen and oxygen atoms in total. The number of halogens is 1. The van der Waals surface area contributed by atoms with E-state index in [-0.39, 0.29) is 29.4 Å². The van der Waals surface area contributed by atoms with Crippen LogP contribution < -0.4 is 14.8 Å². The highest BCUT2D eigenvalue weighted by Gasteiger charge is 2.20. The van der Waals surface area contributed by atoms with Gasteiger partial charge in [-0.1, -0.05) is 0 Å². The molecule has 0 aliphatic carbocycles. The lowest BCUT2D eigenvalue weighted by molar-refractivity contribution is 0.0985. The molecule has 0 spiro atoms. The Kier molecular flexibility index (Phi) is 4.25. The van der Waals surface area contributed by atoms with Crippen molar-refractivity contribution in [3.8, 4) is 11.5 Å². The SMILES string of the molecule is CNCC(=O)c1c(OC)ccc(OC)c1F. The molecule has 0 atom stereocenters. The number of likely N-dealkylation sites (N-methyl/N-ethyl adjacent to an activating group) is 1. The van der Waals surface area contributed by atoms with Gasteiger partial charge in [0.1, 0.15) is 11.3 Å². The van der Waals surface area contributed by atoms with Crippen LogP contribution in [-0.2, 0) is 0 Å². The summed E-state index contributed by atoms with van der Waals surface area (Å²) in [4.78, 5) is 11.7. The minimum Gasteiger partial charge on any atom is -0.496 e. The Morgan fingerprint density at radius 2 is 1.88 bits per heavy atom. The van der Waals surface area contributed by atoms with Gasteiger partial charge in [0.15, 0.2) is 17.3 Å². The molecule has 0 saturated carbocycles. The van der Waals surface area contributed by atoms with E-state index in [0.29, 0.717) is 0 Å². The van der Waals surface area contributed by atoms with E-state index in [0.717, 1.165) is 0 Å². The van der Waals surface area contributed by atoms with Crippen LogP contribution in [0.2, 0.25) is 0 Å². The van der Waals surface area contributed by atoms with Crippen LogP contribution in [0, 0.1) is 5.82 Å². The second-order valence-electron chi connectivity index (χ2n) is 3.11.